The highest BCUT2D eigenvalue weighted by molar-refractivity contribution is 7.89. The Morgan fingerprint density at radius 2 is 1.93 bits per heavy atom. The molecule has 2 aromatic carbocycles. The number of hydrogen-bond acceptors (Lipinski definition) is 7. The van der Waals surface area contributed by atoms with Crippen molar-refractivity contribution < 1.29 is 17.8 Å². The zero-order valence-corrected chi connectivity index (χ0v) is 16.1. The zero-order valence-electron chi connectivity index (χ0n) is 15.3. The monoisotopic (exact) mass is 411 g/mol. The number of fused-ring (bicyclic) bond motifs is 1. The van der Waals surface area contributed by atoms with Crippen LogP contribution in [-0.4, -0.2) is 42.0 Å². The molecule has 1 saturated heterocycles. The molecule has 1 fully saturated rings. The Labute approximate surface area is 166 Å². The Bertz CT molecular complexity index is 1210. The first kappa shape index (κ1) is 19.0. The molecule has 1 aliphatic rings. The van der Waals surface area contributed by atoms with Crippen molar-refractivity contribution in [2.24, 2.45) is 5.92 Å². The van der Waals surface area contributed by atoms with E-state index in [1.807, 2.05) is 6.07 Å². The summed E-state index contributed by atoms with van der Waals surface area (Å²) in [5.74, 6) is -0.489. The van der Waals surface area contributed by atoms with Crippen LogP contribution in [0.2, 0.25) is 0 Å². The van der Waals surface area contributed by atoms with Crippen LogP contribution >= 0.6 is 0 Å². The van der Waals surface area contributed by atoms with Gasteiger partial charge in [-0.3, -0.25) is 4.79 Å². The van der Waals surface area contributed by atoms with Crippen molar-refractivity contribution >= 4 is 32.7 Å². The molecule has 0 bridgehead atoms. The minimum Gasteiger partial charge on any atom is -0.326 e. The van der Waals surface area contributed by atoms with E-state index in [0.29, 0.717) is 29.6 Å². The average molecular weight is 411 g/mol. The number of amides is 1. The first-order chi connectivity index (χ1) is 14.0. The molecule has 0 unspecified atom stereocenters. The van der Waals surface area contributed by atoms with Crippen molar-refractivity contribution in [1.29, 1.82) is 5.26 Å². The molecule has 148 valence electrons. The lowest BCUT2D eigenvalue weighted by molar-refractivity contribution is -0.120. The van der Waals surface area contributed by atoms with E-state index in [1.54, 1.807) is 36.4 Å². The third-order valence-corrected chi connectivity index (χ3v) is 6.88. The molecular formula is C19H17N5O4S. The van der Waals surface area contributed by atoms with E-state index in [4.69, 9.17) is 5.26 Å². The fourth-order valence-electron chi connectivity index (χ4n) is 3.40. The quantitative estimate of drug-likeness (QED) is 0.696. The average Bonchev–Trinajstić information content (AvgIpc) is 3.22. The lowest BCUT2D eigenvalue weighted by Gasteiger charge is -2.30. The Hall–Kier alpha value is -3.29. The third-order valence-electron chi connectivity index (χ3n) is 4.95. The largest absolute Gasteiger partial charge is 0.326 e. The number of anilines is 1. The van der Waals surface area contributed by atoms with Crippen LogP contribution in [0.5, 0.6) is 0 Å². The van der Waals surface area contributed by atoms with Gasteiger partial charge >= 0.3 is 0 Å². The van der Waals surface area contributed by atoms with E-state index in [9.17, 15) is 13.2 Å². The summed E-state index contributed by atoms with van der Waals surface area (Å²) < 4.78 is 32.1. The van der Waals surface area contributed by atoms with Crippen LogP contribution in [0.3, 0.4) is 0 Å². The third kappa shape index (κ3) is 3.70. The van der Waals surface area contributed by atoms with Crippen molar-refractivity contribution in [2.75, 3.05) is 18.4 Å². The summed E-state index contributed by atoms with van der Waals surface area (Å²) in [5, 5.41) is 19.1. The van der Waals surface area contributed by atoms with Crippen molar-refractivity contribution in [3.05, 3.63) is 48.0 Å². The Kier molecular flexibility index (Phi) is 5.00. The first-order valence-corrected chi connectivity index (χ1v) is 10.5. The van der Waals surface area contributed by atoms with Crippen LogP contribution < -0.4 is 5.32 Å². The number of aromatic nitrogens is 2. The summed E-state index contributed by atoms with van der Waals surface area (Å²) in [7, 11) is -3.77. The highest BCUT2D eigenvalue weighted by atomic mass is 32.2. The van der Waals surface area contributed by atoms with Crippen LogP contribution in [0.4, 0.5) is 5.69 Å². The molecule has 1 N–H and O–H groups in total. The highest BCUT2D eigenvalue weighted by Crippen LogP contribution is 2.28. The van der Waals surface area contributed by atoms with Crippen LogP contribution in [0.1, 0.15) is 18.4 Å². The van der Waals surface area contributed by atoms with E-state index >= 15 is 0 Å². The number of nitriles is 1. The molecule has 4 rings (SSSR count). The van der Waals surface area contributed by atoms with Crippen LogP contribution in [-0.2, 0) is 14.8 Å². The molecule has 10 heteroatoms. The summed E-state index contributed by atoms with van der Waals surface area (Å²) in [6, 6.07) is 13.4. The highest BCUT2D eigenvalue weighted by Gasteiger charge is 2.33. The SMILES string of the molecule is N#Cc1cccc(NC(=O)C2CCN(S(=O)(=O)c3cccc4nonc34)CC2)c1. The minimum absolute atomic E-state index is 0.0486. The van der Waals surface area contributed by atoms with Gasteiger partial charge in [-0.25, -0.2) is 13.0 Å². The van der Waals surface area contributed by atoms with E-state index < -0.39 is 10.0 Å². The van der Waals surface area contributed by atoms with Crippen molar-refractivity contribution in [3.8, 4) is 6.07 Å². The number of sulfonamides is 1. The number of benzene rings is 2. The van der Waals surface area contributed by atoms with Gasteiger partial charge in [0.25, 0.3) is 0 Å². The van der Waals surface area contributed by atoms with Crippen molar-refractivity contribution in [1.82, 2.24) is 14.6 Å². The number of piperidine rings is 1. The van der Waals surface area contributed by atoms with Crippen LogP contribution in [0.15, 0.2) is 52.0 Å². The number of nitrogens with one attached hydrogen (secondary N) is 1. The Morgan fingerprint density at radius 3 is 2.69 bits per heavy atom. The second-order valence-electron chi connectivity index (χ2n) is 6.75. The van der Waals surface area contributed by atoms with Gasteiger partial charge in [0.1, 0.15) is 10.4 Å². The molecule has 0 spiro atoms. The van der Waals surface area contributed by atoms with Gasteiger partial charge in [0.15, 0.2) is 5.52 Å². The van der Waals surface area contributed by atoms with Gasteiger partial charge in [0, 0.05) is 24.7 Å². The standard InChI is InChI=1S/C19H17N5O4S/c20-12-13-3-1-4-15(11-13)21-19(25)14-7-9-24(10-8-14)29(26,27)17-6-2-5-16-18(17)23-28-22-16/h1-6,11,14H,7-10H2,(H,21,25). The smallest absolute Gasteiger partial charge is 0.245 e. The second kappa shape index (κ2) is 7.62. The van der Waals surface area contributed by atoms with E-state index in [1.165, 1.54) is 10.4 Å². The summed E-state index contributed by atoms with van der Waals surface area (Å²) in [4.78, 5) is 12.6. The molecule has 29 heavy (non-hydrogen) atoms. The number of hydrogen-bond donors (Lipinski definition) is 1. The molecule has 3 aromatic rings. The van der Waals surface area contributed by atoms with E-state index in [2.05, 4.69) is 20.3 Å². The predicted molar refractivity (Wildman–Crippen MR) is 103 cm³/mol. The number of nitrogens with zero attached hydrogens (tertiary/aromatic N) is 4. The molecule has 2 heterocycles. The molecule has 0 radical (unpaired) electrons. The molecule has 0 atom stereocenters. The molecule has 9 nitrogen and oxygen atoms in total. The zero-order chi connectivity index (χ0) is 20.4. The van der Waals surface area contributed by atoms with Gasteiger partial charge in [-0.2, -0.15) is 9.57 Å². The van der Waals surface area contributed by atoms with Gasteiger partial charge in [-0.1, -0.05) is 12.1 Å². The lowest BCUT2D eigenvalue weighted by atomic mass is 9.97. The van der Waals surface area contributed by atoms with Gasteiger partial charge in [0.2, 0.25) is 15.9 Å². The van der Waals surface area contributed by atoms with Crippen molar-refractivity contribution in [2.45, 2.75) is 17.7 Å². The van der Waals surface area contributed by atoms with E-state index in [0.717, 1.165) is 0 Å². The topological polar surface area (TPSA) is 129 Å². The number of carbonyl (C=O) groups is 1. The fraction of sp³-hybridized carbons (Fsp3) is 0.263. The van der Waals surface area contributed by atoms with Gasteiger partial charge in [-0.05, 0) is 53.5 Å². The normalized spacial score (nSPS) is 15.8. The summed E-state index contributed by atoms with van der Waals surface area (Å²) in [5.41, 5.74) is 1.58. The molecule has 0 saturated carbocycles. The Morgan fingerprint density at radius 1 is 1.17 bits per heavy atom. The van der Waals surface area contributed by atoms with Crippen molar-refractivity contribution in [3.63, 3.8) is 0 Å². The molecule has 0 aliphatic carbocycles. The molecular weight excluding hydrogens is 394 g/mol. The second-order valence-corrected chi connectivity index (χ2v) is 8.65. The summed E-state index contributed by atoms with van der Waals surface area (Å²) in [6.07, 6.45) is 0.798. The van der Waals surface area contributed by atoms with Gasteiger partial charge in [-0.15, -0.1) is 0 Å². The molecule has 1 aromatic heterocycles. The Balaban J connectivity index is 1.44. The number of carbonyl (C=O) groups excluding carboxylic acids is 1. The summed E-state index contributed by atoms with van der Waals surface area (Å²) in [6.45, 7) is 0.445. The fourth-order valence-corrected chi connectivity index (χ4v) is 5.00. The maximum absolute atomic E-state index is 13.0. The molecule has 1 aliphatic heterocycles. The summed E-state index contributed by atoms with van der Waals surface area (Å²) >= 11 is 0. The van der Waals surface area contributed by atoms with Crippen LogP contribution in [0, 0.1) is 17.2 Å². The minimum atomic E-state index is -3.77. The van der Waals surface area contributed by atoms with Gasteiger partial charge in [0.05, 0.1) is 11.6 Å². The lowest BCUT2D eigenvalue weighted by Crippen LogP contribution is -2.41. The molecule has 1 amide bonds. The van der Waals surface area contributed by atoms with Crippen LogP contribution in [0.25, 0.3) is 11.0 Å². The van der Waals surface area contributed by atoms with E-state index in [-0.39, 0.29) is 35.3 Å². The predicted octanol–water partition coefficient (Wildman–Crippen LogP) is 2.13. The first-order valence-electron chi connectivity index (χ1n) is 9.01. The van der Waals surface area contributed by atoms with Gasteiger partial charge < -0.3 is 5.32 Å². The number of rotatable bonds is 4. The maximum atomic E-state index is 13.0. The maximum Gasteiger partial charge on any atom is 0.245 e.